The van der Waals surface area contributed by atoms with Gasteiger partial charge >= 0.3 is 0 Å². The topological polar surface area (TPSA) is 50.1 Å². The first-order chi connectivity index (χ1) is 7.38. The summed E-state index contributed by atoms with van der Waals surface area (Å²) in [6, 6.07) is 0. The third-order valence-electron chi connectivity index (χ3n) is 2.39. The van der Waals surface area contributed by atoms with Gasteiger partial charge in [0, 0.05) is 25.5 Å². The minimum absolute atomic E-state index is 0.300. The average molecular weight is 211 g/mol. The second-order valence-corrected chi connectivity index (χ2v) is 3.60. The molecule has 0 saturated heterocycles. The number of aliphatic hydroxyl groups is 1. The van der Waals surface area contributed by atoms with Gasteiger partial charge in [-0.25, -0.2) is 4.98 Å². The zero-order valence-corrected chi connectivity index (χ0v) is 9.45. The highest BCUT2D eigenvalue weighted by molar-refractivity contribution is 4.91. The highest BCUT2D eigenvalue weighted by atomic mass is 16.2. The van der Waals surface area contributed by atoms with Crippen molar-refractivity contribution in [3.05, 3.63) is 18.2 Å². The molecule has 0 spiro atoms. The second-order valence-electron chi connectivity index (χ2n) is 3.60. The predicted octanol–water partition coefficient (Wildman–Crippen LogP) is 1.16. The van der Waals surface area contributed by atoms with E-state index in [2.05, 4.69) is 21.8 Å². The van der Waals surface area contributed by atoms with Gasteiger partial charge in [-0.15, -0.1) is 0 Å². The second kappa shape index (κ2) is 7.43. The molecule has 1 aromatic rings. The van der Waals surface area contributed by atoms with Gasteiger partial charge in [0.1, 0.15) is 5.82 Å². The third kappa shape index (κ3) is 4.44. The molecule has 0 fully saturated rings. The van der Waals surface area contributed by atoms with Crippen molar-refractivity contribution in [2.45, 2.75) is 39.3 Å². The summed E-state index contributed by atoms with van der Waals surface area (Å²) in [5.74, 6) is 1.10. The molecule has 0 bridgehead atoms. The van der Waals surface area contributed by atoms with E-state index in [1.807, 2.05) is 12.4 Å². The summed E-state index contributed by atoms with van der Waals surface area (Å²) in [7, 11) is 0. The summed E-state index contributed by atoms with van der Waals surface area (Å²) in [5, 5.41) is 11.9. The van der Waals surface area contributed by atoms with Crippen molar-refractivity contribution >= 4 is 0 Å². The van der Waals surface area contributed by atoms with Crippen LogP contribution < -0.4 is 5.32 Å². The molecule has 0 aliphatic rings. The molecular weight excluding hydrogens is 190 g/mol. The molecule has 86 valence electrons. The predicted molar refractivity (Wildman–Crippen MR) is 60.5 cm³/mol. The Morgan fingerprint density at radius 2 is 2.27 bits per heavy atom. The zero-order valence-electron chi connectivity index (χ0n) is 9.45. The Bertz CT molecular complexity index is 260. The van der Waals surface area contributed by atoms with E-state index in [9.17, 15) is 0 Å². The van der Waals surface area contributed by atoms with E-state index in [0.717, 1.165) is 44.7 Å². The Morgan fingerprint density at radius 1 is 1.40 bits per heavy atom. The molecule has 0 radical (unpaired) electrons. The number of hydrogen-bond acceptors (Lipinski definition) is 3. The number of unbranched alkanes of at least 4 members (excludes halogenated alkanes) is 2. The lowest BCUT2D eigenvalue weighted by Gasteiger charge is -2.07. The van der Waals surface area contributed by atoms with Crippen LogP contribution in [0.2, 0.25) is 0 Å². The van der Waals surface area contributed by atoms with Crippen LogP contribution in [-0.2, 0) is 13.1 Å². The van der Waals surface area contributed by atoms with E-state index >= 15 is 0 Å². The van der Waals surface area contributed by atoms with Gasteiger partial charge in [-0.1, -0.05) is 6.92 Å². The minimum atomic E-state index is 0.300. The molecule has 0 aliphatic heterocycles. The van der Waals surface area contributed by atoms with Crippen molar-refractivity contribution in [2.75, 3.05) is 13.2 Å². The lowest BCUT2D eigenvalue weighted by molar-refractivity contribution is 0.281. The number of aromatic nitrogens is 2. The van der Waals surface area contributed by atoms with E-state index in [4.69, 9.17) is 5.11 Å². The van der Waals surface area contributed by atoms with Gasteiger partial charge < -0.3 is 15.0 Å². The monoisotopic (exact) mass is 211 g/mol. The smallest absolute Gasteiger partial charge is 0.122 e. The molecular formula is C11H21N3O. The van der Waals surface area contributed by atoms with Crippen molar-refractivity contribution in [3.63, 3.8) is 0 Å². The molecule has 0 unspecified atom stereocenters. The van der Waals surface area contributed by atoms with Gasteiger partial charge in [-0.3, -0.25) is 0 Å². The van der Waals surface area contributed by atoms with Crippen LogP contribution in [0.3, 0.4) is 0 Å². The lowest BCUT2D eigenvalue weighted by atomic mass is 10.2. The molecule has 0 atom stereocenters. The molecule has 4 heteroatoms. The molecule has 4 nitrogen and oxygen atoms in total. The van der Waals surface area contributed by atoms with Crippen molar-refractivity contribution in [3.8, 4) is 0 Å². The number of aryl methyl sites for hydroxylation is 1. The van der Waals surface area contributed by atoms with Crippen molar-refractivity contribution < 1.29 is 5.11 Å². The summed E-state index contributed by atoms with van der Waals surface area (Å²) in [5.41, 5.74) is 0. The SMILES string of the molecule is CCNCc1nccn1CCCCCO. The molecule has 1 aromatic heterocycles. The van der Waals surface area contributed by atoms with E-state index in [-0.39, 0.29) is 0 Å². The highest BCUT2D eigenvalue weighted by Gasteiger charge is 2.00. The van der Waals surface area contributed by atoms with E-state index < -0.39 is 0 Å². The van der Waals surface area contributed by atoms with Gasteiger partial charge in [0.05, 0.1) is 6.54 Å². The highest BCUT2D eigenvalue weighted by Crippen LogP contribution is 2.02. The molecule has 0 aliphatic carbocycles. The first kappa shape index (κ1) is 12.2. The first-order valence-corrected chi connectivity index (χ1v) is 5.70. The fourth-order valence-corrected chi connectivity index (χ4v) is 1.52. The van der Waals surface area contributed by atoms with Gasteiger partial charge in [0.2, 0.25) is 0 Å². The molecule has 0 aromatic carbocycles. The maximum Gasteiger partial charge on any atom is 0.122 e. The van der Waals surface area contributed by atoms with E-state index in [1.165, 1.54) is 0 Å². The number of rotatable bonds is 8. The van der Waals surface area contributed by atoms with Gasteiger partial charge in [-0.2, -0.15) is 0 Å². The van der Waals surface area contributed by atoms with E-state index in [1.54, 1.807) is 0 Å². The number of nitrogens with one attached hydrogen (secondary N) is 1. The summed E-state index contributed by atoms with van der Waals surface area (Å²) >= 11 is 0. The van der Waals surface area contributed by atoms with Crippen molar-refractivity contribution in [1.82, 2.24) is 14.9 Å². The lowest BCUT2D eigenvalue weighted by Crippen LogP contribution is -2.16. The Kier molecular flexibility index (Phi) is 6.04. The standard InChI is InChI=1S/C11H21N3O/c1-2-12-10-11-13-6-8-14(11)7-4-3-5-9-15/h6,8,12,15H,2-5,7,9-10H2,1H3. The summed E-state index contributed by atoms with van der Waals surface area (Å²) < 4.78 is 2.18. The maximum atomic E-state index is 8.67. The van der Waals surface area contributed by atoms with Crippen LogP contribution in [0, 0.1) is 0 Å². The minimum Gasteiger partial charge on any atom is -0.396 e. The van der Waals surface area contributed by atoms with Gasteiger partial charge in [-0.05, 0) is 25.8 Å². The maximum absolute atomic E-state index is 8.67. The number of nitrogens with zero attached hydrogens (tertiary/aromatic N) is 2. The van der Waals surface area contributed by atoms with Crippen LogP contribution in [0.4, 0.5) is 0 Å². The first-order valence-electron chi connectivity index (χ1n) is 5.70. The van der Waals surface area contributed by atoms with Crippen LogP contribution >= 0.6 is 0 Å². The Hall–Kier alpha value is -0.870. The molecule has 1 heterocycles. The zero-order chi connectivity index (χ0) is 10.9. The third-order valence-corrected chi connectivity index (χ3v) is 2.39. The summed E-state index contributed by atoms with van der Waals surface area (Å²) in [4.78, 5) is 4.30. The van der Waals surface area contributed by atoms with Crippen LogP contribution in [0.25, 0.3) is 0 Å². The average Bonchev–Trinajstić information content (AvgIpc) is 2.69. The Morgan fingerprint density at radius 3 is 3.00 bits per heavy atom. The molecule has 15 heavy (non-hydrogen) atoms. The van der Waals surface area contributed by atoms with Crippen LogP contribution in [0.5, 0.6) is 0 Å². The quantitative estimate of drug-likeness (QED) is 0.634. The number of imidazole rings is 1. The molecule has 2 N–H and O–H groups in total. The molecule has 0 saturated carbocycles. The Balaban J connectivity index is 2.29. The van der Waals surface area contributed by atoms with E-state index in [0.29, 0.717) is 6.61 Å². The fraction of sp³-hybridized carbons (Fsp3) is 0.727. The molecule has 0 amide bonds. The van der Waals surface area contributed by atoms with Crippen LogP contribution in [0.15, 0.2) is 12.4 Å². The summed E-state index contributed by atoms with van der Waals surface area (Å²) in [6.07, 6.45) is 6.95. The van der Waals surface area contributed by atoms with Crippen LogP contribution in [0.1, 0.15) is 32.0 Å². The van der Waals surface area contributed by atoms with Crippen molar-refractivity contribution in [2.24, 2.45) is 0 Å². The Labute approximate surface area is 91.3 Å². The van der Waals surface area contributed by atoms with Crippen molar-refractivity contribution in [1.29, 1.82) is 0 Å². The summed E-state index contributed by atoms with van der Waals surface area (Å²) in [6.45, 7) is 5.20. The fourth-order valence-electron chi connectivity index (χ4n) is 1.52. The normalized spacial score (nSPS) is 10.8. The number of aliphatic hydroxyl groups excluding tert-OH is 1. The molecule has 1 rings (SSSR count). The van der Waals surface area contributed by atoms with Gasteiger partial charge in [0.25, 0.3) is 0 Å². The van der Waals surface area contributed by atoms with Crippen LogP contribution in [-0.4, -0.2) is 27.8 Å². The van der Waals surface area contributed by atoms with Gasteiger partial charge in [0.15, 0.2) is 0 Å². The number of hydrogen-bond donors (Lipinski definition) is 2. The largest absolute Gasteiger partial charge is 0.396 e.